The maximum Gasteiger partial charge on any atom is 0.330 e. The molecule has 0 radical (unpaired) electrons. The fourth-order valence-electron chi connectivity index (χ4n) is 8.21. The van der Waals surface area contributed by atoms with Crippen LogP contribution < -0.4 is 5.32 Å². The molecule has 0 aromatic heterocycles. The molecule has 3 fully saturated rings. The lowest BCUT2D eigenvalue weighted by atomic mass is 9.46. The average Bonchev–Trinajstić information content (AvgIpc) is 3.18. The number of carbonyl (C=O) groups is 2. The molecule has 0 heterocycles. The van der Waals surface area contributed by atoms with Crippen LogP contribution in [-0.4, -0.2) is 40.0 Å². The summed E-state index contributed by atoms with van der Waals surface area (Å²) in [5.41, 5.74) is 1.64. The first kappa shape index (κ1) is 26.5. The van der Waals surface area contributed by atoms with E-state index in [1.807, 2.05) is 0 Å². The minimum atomic E-state index is -1.14. The van der Waals surface area contributed by atoms with Crippen LogP contribution in [0.3, 0.4) is 0 Å². The summed E-state index contributed by atoms with van der Waals surface area (Å²) in [6, 6.07) is 7.44. The maximum atomic E-state index is 12.4. The Kier molecular flexibility index (Phi) is 6.89. The summed E-state index contributed by atoms with van der Waals surface area (Å²) in [5, 5.41) is 27.5. The molecular weight excluding hydrogens is 480 g/mol. The van der Waals surface area contributed by atoms with E-state index < -0.39 is 23.5 Å². The van der Waals surface area contributed by atoms with Gasteiger partial charge in [-0.3, -0.25) is 4.79 Å². The van der Waals surface area contributed by atoms with Gasteiger partial charge in [-0.05, 0) is 86.2 Å². The van der Waals surface area contributed by atoms with Gasteiger partial charge in [-0.2, -0.15) is 0 Å². The summed E-state index contributed by atoms with van der Waals surface area (Å²) >= 11 is 0. The van der Waals surface area contributed by atoms with Crippen molar-refractivity contribution in [3.05, 3.63) is 47.5 Å². The number of nitrogens with one attached hydrogen (secondary N) is 1. The first-order valence-corrected chi connectivity index (χ1v) is 13.8. The largest absolute Gasteiger partial charge is 0.479 e. The molecular formula is C31H38N2O5. The number of oxime groups is 1. The van der Waals surface area contributed by atoms with Crippen molar-refractivity contribution in [2.75, 3.05) is 6.61 Å². The van der Waals surface area contributed by atoms with Crippen LogP contribution in [0.15, 0.2) is 47.1 Å². The first-order valence-electron chi connectivity index (χ1n) is 13.8. The Morgan fingerprint density at radius 1 is 1.13 bits per heavy atom. The molecule has 38 heavy (non-hydrogen) atoms. The number of rotatable bonds is 6. The number of nitrogens with zero attached hydrogens (tertiary/aromatic N) is 1. The Bertz CT molecular complexity index is 1200. The Balaban J connectivity index is 1.22. The number of amides is 1. The van der Waals surface area contributed by atoms with Gasteiger partial charge in [0.25, 0.3) is 5.91 Å². The number of terminal acetylenes is 1. The van der Waals surface area contributed by atoms with E-state index in [-0.39, 0.29) is 17.4 Å². The van der Waals surface area contributed by atoms with Crippen molar-refractivity contribution < 1.29 is 24.6 Å². The molecule has 0 bridgehead atoms. The predicted octanol–water partition coefficient (Wildman–Crippen LogP) is 4.63. The van der Waals surface area contributed by atoms with E-state index in [1.165, 1.54) is 5.57 Å². The number of aliphatic hydroxyl groups is 1. The number of carbonyl (C=O) groups excluding carboxylic acids is 1. The number of fused-ring (bicyclic) bond motifs is 5. The van der Waals surface area contributed by atoms with Crippen molar-refractivity contribution in [1.82, 2.24) is 5.32 Å². The third kappa shape index (κ3) is 4.33. The summed E-state index contributed by atoms with van der Waals surface area (Å²) in [6.45, 7) is 4.26. The highest BCUT2D eigenvalue weighted by Gasteiger charge is 2.63. The highest BCUT2D eigenvalue weighted by atomic mass is 16.6. The minimum absolute atomic E-state index is 0.0991. The van der Waals surface area contributed by atoms with Crippen molar-refractivity contribution in [2.45, 2.75) is 76.9 Å². The average molecular weight is 519 g/mol. The van der Waals surface area contributed by atoms with Crippen LogP contribution in [0.2, 0.25) is 0 Å². The standard InChI is InChI=1S/C31H38N2O5/c1-4-31(37)17-14-25-23-11-10-21-18-22(12-15-29(21,2)24(23)13-16-30(25,31)3)33-38-19-26(34)32-27(28(35)36)20-8-6-5-7-9-20/h1,5-9,18,23-25,27,37H,10-17,19H2,2-3H3,(H,32,34)(H,35,36)/t23-,24+,25-,27-,29+,30-,31-/m1/s1. The highest BCUT2D eigenvalue weighted by Crippen LogP contribution is 2.67. The summed E-state index contributed by atoms with van der Waals surface area (Å²) < 4.78 is 0. The molecule has 0 aliphatic heterocycles. The van der Waals surface area contributed by atoms with Gasteiger partial charge in [-0.25, -0.2) is 4.79 Å². The number of carboxylic acids is 1. The van der Waals surface area contributed by atoms with Gasteiger partial charge in [0.2, 0.25) is 0 Å². The van der Waals surface area contributed by atoms with Crippen LogP contribution in [0.5, 0.6) is 0 Å². The zero-order valence-electron chi connectivity index (χ0n) is 22.3. The summed E-state index contributed by atoms with van der Waals surface area (Å²) in [6.07, 6.45) is 15.5. The van der Waals surface area contributed by atoms with Gasteiger partial charge >= 0.3 is 5.97 Å². The summed E-state index contributed by atoms with van der Waals surface area (Å²) in [7, 11) is 0. The second-order valence-corrected chi connectivity index (χ2v) is 12.1. The monoisotopic (exact) mass is 518 g/mol. The van der Waals surface area contributed by atoms with Gasteiger partial charge in [-0.15, -0.1) is 6.42 Å². The number of hydrogen-bond donors (Lipinski definition) is 3. The second kappa shape index (κ2) is 9.89. The van der Waals surface area contributed by atoms with E-state index in [0.717, 1.165) is 50.7 Å². The highest BCUT2D eigenvalue weighted by molar-refractivity contribution is 5.96. The molecule has 202 valence electrons. The molecule has 4 aliphatic rings. The van der Waals surface area contributed by atoms with Crippen LogP contribution in [-0.2, 0) is 14.4 Å². The van der Waals surface area contributed by atoms with Crippen molar-refractivity contribution >= 4 is 17.6 Å². The number of allylic oxidation sites excluding steroid dienone is 2. The molecule has 1 aromatic rings. The Morgan fingerprint density at radius 3 is 2.58 bits per heavy atom. The van der Waals surface area contributed by atoms with Crippen LogP contribution in [0.25, 0.3) is 0 Å². The molecule has 0 unspecified atom stereocenters. The Hall–Kier alpha value is -3.11. The molecule has 3 saturated carbocycles. The van der Waals surface area contributed by atoms with Crippen molar-refractivity contribution in [2.24, 2.45) is 33.7 Å². The van der Waals surface area contributed by atoms with Gasteiger partial charge in [-0.1, -0.05) is 60.8 Å². The molecule has 1 aromatic carbocycles. The van der Waals surface area contributed by atoms with E-state index in [2.05, 4.69) is 36.3 Å². The molecule has 5 rings (SSSR count). The Morgan fingerprint density at radius 2 is 1.87 bits per heavy atom. The van der Waals surface area contributed by atoms with Gasteiger partial charge in [0.1, 0.15) is 5.60 Å². The molecule has 4 aliphatic carbocycles. The smallest absolute Gasteiger partial charge is 0.330 e. The fourth-order valence-corrected chi connectivity index (χ4v) is 8.21. The quantitative estimate of drug-likeness (QED) is 0.376. The Labute approximate surface area is 224 Å². The molecule has 0 saturated heterocycles. The fraction of sp³-hybridized carbons (Fsp3) is 0.581. The molecule has 7 nitrogen and oxygen atoms in total. The van der Waals surface area contributed by atoms with Crippen LogP contribution >= 0.6 is 0 Å². The molecule has 3 N–H and O–H groups in total. The predicted molar refractivity (Wildman–Crippen MR) is 144 cm³/mol. The first-order chi connectivity index (χ1) is 18.1. The SMILES string of the molecule is C#C[C@@]1(O)CC[C@@H]2[C@@H]3CCC4=CC(=NOCC(=O)N[C@@H](C(=O)O)c5ccccc5)CC[C@]4(C)[C@H]3CC[C@]21C. The van der Waals surface area contributed by atoms with Gasteiger partial charge in [0.15, 0.2) is 12.6 Å². The third-order valence-electron chi connectivity index (χ3n) is 10.4. The van der Waals surface area contributed by atoms with Gasteiger partial charge in [0, 0.05) is 5.41 Å². The number of benzene rings is 1. The zero-order chi connectivity index (χ0) is 27.1. The van der Waals surface area contributed by atoms with Crippen LogP contribution in [0.4, 0.5) is 0 Å². The van der Waals surface area contributed by atoms with Gasteiger partial charge < -0.3 is 20.4 Å². The van der Waals surface area contributed by atoms with Crippen molar-refractivity contribution in [3.8, 4) is 12.3 Å². The zero-order valence-corrected chi connectivity index (χ0v) is 22.3. The maximum absolute atomic E-state index is 12.4. The van der Waals surface area contributed by atoms with Crippen LogP contribution in [0, 0.1) is 40.9 Å². The summed E-state index contributed by atoms with van der Waals surface area (Å²) in [4.78, 5) is 29.4. The van der Waals surface area contributed by atoms with E-state index in [9.17, 15) is 19.8 Å². The van der Waals surface area contributed by atoms with E-state index in [0.29, 0.717) is 29.7 Å². The van der Waals surface area contributed by atoms with Crippen molar-refractivity contribution in [3.63, 3.8) is 0 Å². The molecule has 0 spiro atoms. The topological polar surface area (TPSA) is 108 Å². The number of hydrogen-bond acceptors (Lipinski definition) is 5. The lowest BCUT2D eigenvalue weighted by Crippen LogP contribution is -2.54. The van der Waals surface area contributed by atoms with E-state index >= 15 is 0 Å². The van der Waals surface area contributed by atoms with E-state index in [1.54, 1.807) is 30.3 Å². The number of aliphatic carboxylic acids is 1. The van der Waals surface area contributed by atoms with Gasteiger partial charge in [0.05, 0.1) is 5.71 Å². The minimum Gasteiger partial charge on any atom is -0.479 e. The second-order valence-electron chi connectivity index (χ2n) is 12.1. The normalized spacial score (nSPS) is 37.6. The molecule has 7 heteroatoms. The molecule has 1 amide bonds. The van der Waals surface area contributed by atoms with Crippen LogP contribution in [0.1, 0.15) is 76.8 Å². The third-order valence-corrected chi connectivity index (χ3v) is 10.4. The lowest BCUT2D eigenvalue weighted by molar-refractivity contribution is -0.142. The lowest BCUT2D eigenvalue weighted by Gasteiger charge is -2.58. The molecule has 7 atom stereocenters. The van der Waals surface area contributed by atoms with Crippen molar-refractivity contribution in [1.29, 1.82) is 0 Å². The van der Waals surface area contributed by atoms with E-state index in [4.69, 9.17) is 11.3 Å². The summed E-state index contributed by atoms with van der Waals surface area (Å²) in [5.74, 6) is 2.69. The number of carboxylic acid groups (broad SMARTS) is 1.